The van der Waals surface area contributed by atoms with Crippen molar-refractivity contribution in [2.75, 3.05) is 0 Å². The largest absolute Gasteiger partial charge is 0.103 e. The van der Waals surface area contributed by atoms with E-state index >= 15 is 0 Å². The summed E-state index contributed by atoms with van der Waals surface area (Å²) in [4.78, 5) is 0. The predicted octanol–water partition coefficient (Wildman–Crippen LogP) is 5.44. The SMILES string of the molecule is C=CCC1CCC2CCC3CCCC4CCC1C2C34. The monoisotopic (exact) mass is 258 g/mol. The van der Waals surface area contributed by atoms with E-state index in [1.165, 1.54) is 12.8 Å². The maximum absolute atomic E-state index is 4.02. The van der Waals surface area contributed by atoms with Gasteiger partial charge in [-0.15, -0.1) is 6.58 Å². The van der Waals surface area contributed by atoms with Gasteiger partial charge in [0.05, 0.1) is 0 Å². The molecule has 0 spiro atoms. The van der Waals surface area contributed by atoms with Crippen LogP contribution in [0.15, 0.2) is 12.7 Å². The van der Waals surface area contributed by atoms with E-state index in [1.54, 1.807) is 51.4 Å². The molecule has 0 saturated heterocycles. The standard InChI is InChI=1S/C19H30/c1-2-4-13-7-8-16-10-9-14-5-3-6-15-11-12-17(13)19(16)18(14)15/h2,13-19H,1,3-12H2. The first-order valence-electron chi connectivity index (χ1n) is 8.99. The summed E-state index contributed by atoms with van der Waals surface area (Å²) in [5.41, 5.74) is 0. The molecule has 7 unspecified atom stereocenters. The van der Waals surface area contributed by atoms with E-state index in [0.717, 1.165) is 41.4 Å². The minimum atomic E-state index is 1.00. The van der Waals surface area contributed by atoms with Crippen LogP contribution < -0.4 is 0 Å². The summed E-state index contributed by atoms with van der Waals surface area (Å²) in [5.74, 6) is 7.75. The smallest absolute Gasteiger partial charge is 0.0321 e. The highest BCUT2D eigenvalue weighted by atomic mass is 14.6. The van der Waals surface area contributed by atoms with Crippen molar-refractivity contribution in [1.29, 1.82) is 0 Å². The summed E-state index contributed by atoms with van der Waals surface area (Å²) in [7, 11) is 0. The first-order chi connectivity index (χ1) is 9.38. The molecular formula is C19H30. The van der Waals surface area contributed by atoms with Crippen LogP contribution in [0, 0.1) is 41.4 Å². The Balaban J connectivity index is 1.63. The first kappa shape index (κ1) is 12.5. The number of hydrogen-bond acceptors (Lipinski definition) is 0. The normalized spacial score (nSPS) is 52.3. The summed E-state index contributed by atoms with van der Waals surface area (Å²) < 4.78 is 0. The van der Waals surface area contributed by atoms with E-state index in [4.69, 9.17) is 0 Å². The molecule has 0 aromatic carbocycles. The molecule has 19 heavy (non-hydrogen) atoms. The fraction of sp³-hybridized carbons (Fsp3) is 0.895. The molecule has 0 radical (unpaired) electrons. The Morgan fingerprint density at radius 1 is 0.737 bits per heavy atom. The van der Waals surface area contributed by atoms with Crippen molar-refractivity contribution < 1.29 is 0 Å². The van der Waals surface area contributed by atoms with Crippen LogP contribution in [-0.2, 0) is 0 Å². The molecule has 0 heterocycles. The van der Waals surface area contributed by atoms with Gasteiger partial charge in [0.1, 0.15) is 0 Å². The van der Waals surface area contributed by atoms with Gasteiger partial charge in [0.15, 0.2) is 0 Å². The van der Waals surface area contributed by atoms with Crippen molar-refractivity contribution in [1.82, 2.24) is 0 Å². The van der Waals surface area contributed by atoms with Crippen molar-refractivity contribution in [3.63, 3.8) is 0 Å². The first-order valence-corrected chi connectivity index (χ1v) is 8.99. The summed E-state index contributed by atoms with van der Waals surface area (Å²) in [6.07, 6.45) is 17.6. The molecule has 0 amide bonds. The quantitative estimate of drug-likeness (QED) is 0.578. The van der Waals surface area contributed by atoms with Crippen LogP contribution >= 0.6 is 0 Å². The molecule has 106 valence electrons. The summed E-state index contributed by atoms with van der Waals surface area (Å²) in [5, 5.41) is 0. The number of allylic oxidation sites excluding steroid dienone is 1. The Bertz CT molecular complexity index is 338. The van der Waals surface area contributed by atoms with Gasteiger partial charge < -0.3 is 0 Å². The second-order valence-corrected chi connectivity index (χ2v) is 8.05. The average Bonchev–Trinajstić information content (AvgIpc) is 2.46. The van der Waals surface area contributed by atoms with E-state index in [9.17, 15) is 0 Å². The lowest BCUT2D eigenvalue weighted by atomic mass is 9.46. The van der Waals surface area contributed by atoms with E-state index in [-0.39, 0.29) is 0 Å². The van der Waals surface area contributed by atoms with Crippen molar-refractivity contribution in [3.8, 4) is 0 Å². The Labute approximate surface area is 119 Å². The number of hydrogen-bond donors (Lipinski definition) is 0. The molecule has 0 bridgehead atoms. The molecular weight excluding hydrogens is 228 g/mol. The fourth-order valence-corrected chi connectivity index (χ4v) is 6.92. The molecule has 0 aromatic heterocycles. The van der Waals surface area contributed by atoms with Crippen molar-refractivity contribution >= 4 is 0 Å². The van der Waals surface area contributed by atoms with Gasteiger partial charge in [-0.25, -0.2) is 0 Å². The topological polar surface area (TPSA) is 0 Å². The minimum absolute atomic E-state index is 1.00. The highest BCUT2D eigenvalue weighted by Crippen LogP contribution is 2.61. The Hall–Kier alpha value is -0.260. The molecule has 0 aliphatic heterocycles. The Kier molecular flexibility index (Phi) is 3.24. The maximum Gasteiger partial charge on any atom is -0.0321 e. The summed E-state index contributed by atoms with van der Waals surface area (Å²) >= 11 is 0. The van der Waals surface area contributed by atoms with E-state index in [2.05, 4.69) is 12.7 Å². The number of rotatable bonds is 2. The maximum atomic E-state index is 4.02. The van der Waals surface area contributed by atoms with E-state index < -0.39 is 0 Å². The second-order valence-electron chi connectivity index (χ2n) is 8.05. The van der Waals surface area contributed by atoms with Gasteiger partial charge in [0.2, 0.25) is 0 Å². The third-order valence-electron chi connectivity index (χ3n) is 7.48. The molecule has 0 heteroatoms. The lowest BCUT2D eigenvalue weighted by Crippen LogP contribution is -2.51. The van der Waals surface area contributed by atoms with Gasteiger partial charge in [0.25, 0.3) is 0 Å². The van der Waals surface area contributed by atoms with E-state index in [1.807, 2.05) is 0 Å². The van der Waals surface area contributed by atoms with Gasteiger partial charge >= 0.3 is 0 Å². The zero-order valence-corrected chi connectivity index (χ0v) is 12.4. The highest BCUT2D eigenvalue weighted by molar-refractivity contribution is 5.03. The van der Waals surface area contributed by atoms with Crippen LogP contribution in [0.1, 0.15) is 64.2 Å². The summed E-state index contributed by atoms with van der Waals surface area (Å²) in [6, 6.07) is 0. The molecule has 0 N–H and O–H groups in total. The molecule has 4 aliphatic rings. The van der Waals surface area contributed by atoms with Crippen LogP contribution in [0.2, 0.25) is 0 Å². The lowest BCUT2D eigenvalue weighted by Gasteiger charge is -2.59. The Morgan fingerprint density at radius 3 is 2.11 bits per heavy atom. The third-order valence-corrected chi connectivity index (χ3v) is 7.48. The van der Waals surface area contributed by atoms with E-state index in [0.29, 0.717) is 0 Å². The highest BCUT2D eigenvalue weighted by Gasteiger charge is 2.52. The van der Waals surface area contributed by atoms with Crippen molar-refractivity contribution in [2.45, 2.75) is 64.2 Å². The van der Waals surface area contributed by atoms with Gasteiger partial charge in [-0.3, -0.25) is 0 Å². The zero-order chi connectivity index (χ0) is 12.8. The molecule has 4 aliphatic carbocycles. The Morgan fingerprint density at radius 2 is 1.37 bits per heavy atom. The van der Waals surface area contributed by atoms with Crippen molar-refractivity contribution in [3.05, 3.63) is 12.7 Å². The molecule has 7 atom stereocenters. The van der Waals surface area contributed by atoms with Crippen molar-refractivity contribution in [2.24, 2.45) is 41.4 Å². The zero-order valence-electron chi connectivity index (χ0n) is 12.4. The second kappa shape index (κ2) is 4.93. The van der Waals surface area contributed by atoms with Crippen LogP contribution in [0.3, 0.4) is 0 Å². The molecule has 0 aromatic rings. The summed E-state index contributed by atoms with van der Waals surface area (Å²) in [6.45, 7) is 4.02. The van der Waals surface area contributed by atoms with Gasteiger partial charge in [-0.1, -0.05) is 25.3 Å². The van der Waals surface area contributed by atoms with Gasteiger partial charge in [0, 0.05) is 0 Å². The predicted molar refractivity (Wildman–Crippen MR) is 80.8 cm³/mol. The average molecular weight is 258 g/mol. The minimum Gasteiger partial charge on any atom is -0.103 e. The fourth-order valence-electron chi connectivity index (χ4n) is 6.92. The van der Waals surface area contributed by atoms with Crippen LogP contribution in [0.25, 0.3) is 0 Å². The molecule has 4 rings (SSSR count). The molecule has 4 fully saturated rings. The van der Waals surface area contributed by atoms with Crippen LogP contribution in [0.5, 0.6) is 0 Å². The van der Waals surface area contributed by atoms with Gasteiger partial charge in [-0.2, -0.15) is 0 Å². The third kappa shape index (κ3) is 1.93. The molecule has 4 saturated carbocycles. The lowest BCUT2D eigenvalue weighted by molar-refractivity contribution is -0.0959. The molecule has 0 nitrogen and oxygen atoms in total. The van der Waals surface area contributed by atoms with Crippen LogP contribution in [0.4, 0.5) is 0 Å². The van der Waals surface area contributed by atoms with Crippen LogP contribution in [-0.4, -0.2) is 0 Å². The van der Waals surface area contributed by atoms with Gasteiger partial charge in [-0.05, 0) is 86.4 Å².